The van der Waals surface area contributed by atoms with Gasteiger partial charge in [-0.1, -0.05) is 23.5 Å². The predicted octanol–water partition coefficient (Wildman–Crippen LogP) is 4.35. The second-order valence-corrected chi connectivity index (χ2v) is 8.37. The van der Waals surface area contributed by atoms with Crippen molar-refractivity contribution in [2.24, 2.45) is 0 Å². The van der Waals surface area contributed by atoms with Crippen molar-refractivity contribution >= 4 is 34.6 Å². The Hall–Kier alpha value is -3.53. The van der Waals surface area contributed by atoms with Crippen molar-refractivity contribution in [2.45, 2.75) is 18.8 Å². The van der Waals surface area contributed by atoms with Gasteiger partial charge in [-0.25, -0.2) is 9.18 Å². The first-order valence-electron chi connectivity index (χ1n) is 10.1. The van der Waals surface area contributed by atoms with E-state index in [1.165, 1.54) is 29.5 Å². The number of benzene rings is 2. The van der Waals surface area contributed by atoms with Crippen LogP contribution >= 0.6 is 11.3 Å². The molecule has 2 N–H and O–H groups in total. The van der Waals surface area contributed by atoms with E-state index in [2.05, 4.69) is 20.8 Å². The Morgan fingerprint density at radius 1 is 1.12 bits per heavy atom. The number of nitrogens with one attached hydrogen (secondary N) is 2. The van der Waals surface area contributed by atoms with E-state index in [9.17, 15) is 14.0 Å². The average Bonchev–Trinajstić information content (AvgIpc) is 3.30. The maximum Gasteiger partial charge on any atom is 0.321 e. The van der Waals surface area contributed by atoms with Crippen molar-refractivity contribution in [1.82, 2.24) is 15.1 Å². The van der Waals surface area contributed by atoms with Gasteiger partial charge in [0.25, 0.3) is 5.91 Å². The van der Waals surface area contributed by atoms with Crippen LogP contribution in [0.2, 0.25) is 0 Å². The van der Waals surface area contributed by atoms with Crippen LogP contribution in [0.4, 0.5) is 20.6 Å². The Morgan fingerprint density at radius 2 is 1.91 bits per heavy atom. The molecule has 0 aliphatic carbocycles. The van der Waals surface area contributed by atoms with Gasteiger partial charge in [-0.15, -0.1) is 10.2 Å². The molecule has 8 nitrogen and oxygen atoms in total. The molecule has 32 heavy (non-hydrogen) atoms. The second kappa shape index (κ2) is 9.73. The highest BCUT2D eigenvalue weighted by atomic mass is 32.1. The molecule has 3 aromatic rings. The number of anilines is 2. The zero-order valence-electron chi connectivity index (χ0n) is 17.4. The molecule has 0 saturated carbocycles. The minimum Gasteiger partial charge on any atom is -0.497 e. The summed E-state index contributed by atoms with van der Waals surface area (Å²) in [6, 6.07) is 12.6. The smallest absolute Gasteiger partial charge is 0.321 e. The summed E-state index contributed by atoms with van der Waals surface area (Å²) in [7, 11) is 1.57. The average molecular weight is 456 g/mol. The molecule has 3 amide bonds. The van der Waals surface area contributed by atoms with E-state index in [1.54, 1.807) is 30.2 Å². The lowest BCUT2D eigenvalue weighted by atomic mass is 9.99. The largest absolute Gasteiger partial charge is 0.497 e. The summed E-state index contributed by atoms with van der Waals surface area (Å²) in [6.45, 7) is 1.12. The molecule has 10 heteroatoms. The highest BCUT2D eigenvalue weighted by molar-refractivity contribution is 7.13. The van der Waals surface area contributed by atoms with Crippen molar-refractivity contribution in [3.05, 3.63) is 64.4 Å². The van der Waals surface area contributed by atoms with Gasteiger partial charge in [0.15, 0.2) is 0 Å². The molecular formula is C22H22FN5O3S. The first-order chi connectivity index (χ1) is 15.5. The molecule has 166 valence electrons. The molecular weight excluding hydrogens is 433 g/mol. The quantitative estimate of drug-likeness (QED) is 0.596. The summed E-state index contributed by atoms with van der Waals surface area (Å²) in [6.07, 6.45) is 1.67. The number of carbonyl (C=O) groups excluding carboxylic acids is 2. The van der Waals surface area contributed by atoms with Gasteiger partial charge in [-0.2, -0.15) is 0 Å². The van der Waals surface area contributed by atoms with Gasteiger partial charge in [0.2, 0.25) is 5.01 Å². The summed E-state index contributed by atoms with van der Waals surface area (Å²) in [4.78, 5) is 26.9. The second-order valence-electron chi connectivity index (χ2n) is 7.36. The molecule has 1 fully saturated rings. The molecule has 2 aromatic carbocycles. The number of carbonyl (C=O) groups is 2. The normalized spacial score (nSPS) is 15.8. The van der Waals surface area contributed by atoms with Crippen LogP contribution in [0.5, 0.6) is 5.75 Å². The van der Waals surface area contributed by atoms with Gasteiger partial charge in [-0.3, -0.25) is 4.79 Å². The minimum atomic E-state index is -0.442. The van der Waals surface area contributed by atoms with Crippen LogP contribution in [0.1, 0.15) is 33.6 Å². The first-order valence-corrected chi connectivity index (χ1v) is 10.9. The van der Waals surface area contributed by atoms with Crippen molar-refractivity contribution in [2.75, 3.05) is 30.8 Å². The number of aromatic nitrogens is 2. The number of piperidine rings is 1. The molecule has 1 atom stereocenters. The number of hydrogen-bond acceptors (Lipinski definition) is 6. The zero-order chi connectivity index (χ0) is 22.5. The van der Waals surface area contributed by atoms with E-state index < -0.39 is 11.7 Å². The molecule has 1 unspecified atom stereocenters. The summed E-state index contributed by atoms with van der Waals surface area (Å²) >= 11 is 1.19. The Kier molecular flexibility index (Phi) is 6.60. The van der Waals surface area contributed by atoms with E-state index >= 15 is 0 Å². The number of likely N-dealkylation sites (tertiary alicyclic amines) is 1. The summed E-state index contributed by atoms with van der Waals surface area (Å²) < 4.78 is 18.5. The van der Waals surface area contributed by atoms with Gasteiger partial charge in [-0.05, 0) is 43.2 Å². The Bertz CT molecular complexity index is 1120. The van der Waals surface area contributed by atoms with Crippen molar-refractivity contribution in [3.8, 4) is 5.75 Å². The molecule has 2 heterocycles. The Balaban J connectivity index is 1.38. The van der Waals surface area contributed by atoms with E-state index in [0.717, 1.165) is 12.8 Å². The fourth-order valence-electron chi connectivity index (χ4n) is 3.51. The summed E-state index contributed by atoms with van der Waals surface area (Å²) in [5.41, 5.74) is 1.01. The lowest BCUT2D eigenvalue weighted by Crippen LogP contribution is -2.41. The number of amides is 3. The SMILES string of the molecule is COc1cccc(NC(=O)N2CCCC(c3nnc(C(=O)Nc4cccc(F)c4)s3)C2)c1. The van der Waals surface area contributed by atoms with E-state index in [0.29, 0.717) is 35.2 Å². The van der Waals surface area contributed by atoms with Crippen molar-refractivity contribution in [3.63, 3.8) is 0 Å². The first kappa shape index (κ1) is 21.7. The number of nitrogens with zero attached hydrogens (tertiary/aromatic N) is 3. The van der Waals surface area contributed by atoms with Crippen LogP contribution in [0.15, 0.2) is 48.5 Å². The van der Waals surface area contributed by atoms with Crippen LogP contribution in [0.3, 0.4) is 0 Å². The monoisotopic (exact) mass is 455 g/mol. The standard InChI is InChI=1S/C22H22FN5O3S/c1-31-18-9-3-8-17(12-18)25-22(30)28-10-4-5-14(13-28)20-26-27-21(32-20)19(29)24-16-7-2-6-15(23)11-16/h2-3,6-9,11-12,14H,4-5,10,13H2,1H3,(H,24,29)(H,25,30). The van der Waals surface area contributed by atoms with Crippen LogP contribution in [0, 0.1) is 5.82 Å². The number of methoxy groups -OCH3 is 1. The molecule has 1 aliphatic rings. The van der Waals surface area contributed by atoms with Crippen molar-refractivity contribution < 1.29 is 18.7 Å². The number of rotatable bonds is 5. The maximum atomic E-state index is 13.3. The third kappa shape index (κ3) is 5.20. The van der Waals surface area contributed by atoms with Gasteiger partial charge in [0.05, 0.1) is 7.11 Å². The molecule has 1 aromatic heterocycles. The molecule has 0 radical (unpaired) electrons. The van der Waals surface area contributed by atoms with Crippen molar-refractivity contribution in [1.29, 1.82) is 0 Å². The van der Waals surface area contributed by atoms with Gasteiger partial charge in [0, 0.05) is 36.4 Å². The van der Waals surface area contributed by atoms with Gasteiger partial charge < -0.3 is 20.3 Å². The predicted molar refractivity (Wildman–Crippen MR) is 120 cm³/mol. The number of halogens is 1. The highest BCUT2D eigenvalue weighted by Gasteiger charge is 2.28. The van der Waals surface area contributed by atoms with E-state index in [1.807, 2.05) is 12.1 Å². The Labute approximate surface area is 188 Å². The molecule has 1 aliphatic heterocycles. The molecule has 0 bridgehead atoms. The number of urea groups is 1. The number of ether oxygens (including phenoxy) is 1. The zero-order valence-corrected chi connectivity index (χ0v) is 18.2. The van der Waals surface area contributed by atoms with Crippen LogP contribution < -0.4 is 15.4 Å². The van der Waals surface area contributed by atoms with Crippen LogP contribution in [-0.4, -0.2) is 47.2 Å². The van der Waals surface area contributed by atoms with Crippen LogP contribution in [0.25, 0.3) is 0 Å². The van der Waals surface area contributed by atoms with Crippen LogP contribution in [-0.2, 0) is 0 Å². The highest BCUT2D eigenvalue weighted by Crippen LogP contribution is 2.30. The van der Waals surface area contributed by atoms with Gasteiger partial charge >= 0.3 is 6.03 Å². The molecule has 4 rings (SSSR count). The lowest BCUT2D eigenvalue weighted by Gasteiger charge is -2.31. The Morgan fingerprint density at radius 3 is 2.69 bits per heavy atom. The van der Waals surface area contributed by atoms with E-state index in [-0.39, 0.29) is 17.0 Å². The van der Waals surface area contributed by atoms with Gasteiger partial charge in [0.1, 0.15) is 16.6 Å². The van der Waals surface area contributed by atoms with E-state index in [4.69, 9.17) is 4.74 Å². The maximum absolute atomic E-state index is 13.3. The molecule has 0 spiro atoms. The third-order valence-corrected chi connectivity index (χ3v) is 6.18. The fourth-order valence-corrected chi connectivity index (χ4v) is 4.37. The third-order valence-electron chi connectivity index (χ3n) is 5.10. The fraction of sp³-hybridized carbons (Fsp3) is 0.273. The minimum absolute atomic E-state index is 0.00645. The number of hydrogen-bond donors (Lipinski definition) is 2. The molecule has 1 saturated heterocycles. The summed E-state index contributed by atoms with van der Waals surface area (Å²) in [5, 5.41) is 14.6. The lowest BCUT2D eigenvalue weighted by molar-refractivity contribution is 0.102. The topological polar surface area (TPSA) is 96.4 Å². The summed E-state index contributed by atoms with van der Waals surface area (Å²) in [5.74, 6) is -0.219.